The molecule has 0 N–H and O–H groups in total. The van der Waals surface area contributed by atoms with Gasteiger partial charge in [0.25, 0.3) is 5.91 Å². The summed E-state index contributed by atoms with van der Waals surface area (Å²) in [7, 11) is 1.78. The van der Waals surface area contributed by atoms with Gasteiger partial charge in [-0.1, -0.05) is 15.9 Å². The maximum atomic E-state index is 12.4. The van der Waals surface area contributed by atoms with E-state index in [1.54, 1.807) is 11.9 Å². The van der Waals surface area contributed by atoms with Crippen molar-refractivity contribution < 1.29 is 4.79 Å². The summed E-state index contributed by atoms with van der Waals surface area (Å²) in [4.78, 5) is 14.0. The van der Waals surface area contributed by atoms with E-state index < -0.39 is 0 Å². The third-order valence-corrected chi connectivity index (χ3v) is 4.79. The van der Waals surface area contributed by atoms with E-state index in [2.05, 4.69) is 38.5 Å². The SMILES string of the molecule is CN(C(=O)c1cc(Br)ccc1I)C(C)(C)CCl. The third kappa shape index (κ3) is 3.58. The molecule has 0 aliphatic rings. The predicted molar refractivity (Wildman–Crippen MR) is 83.8 cm³/mol. The smallest absolute Gasteiger partial charge is 0.255 e. The van der Waals surface area contributed by atoms with Gasteiger partial charge in [-0.2, -0.15) is 0 Å². The minimum atomic E-state index is -0.357. The van der Waals surface area contributed by atoms with Gasteiger partial charge >= 0.3 is 0 Å². The van der Waals surface area contributed by atoms with Crippen molar-refractivity contribution in [1.82, 2.24) is 4.90 Å². The second-order valence-corrected chi connectivity index (χ2v) is 6.78. The van der Waals surface area contributed by atoms with E-state index in [9.17, 15) is 4.79 Å². The van der Waals surface area contributed by atoms with Crippen LogP contribution in [0.2, 0.25) is 0 Å². The summed E-state index contributed by atoms with van der Waals surface area (Å²) in [5.41, 5.74) is 0.338. The number of hydrogen-bond donors (Lipinski definition) is 0. The van der Waals surface area contributed by atoms with Crippen LogP contribution in [0, 0.1) is 3.57 Å². The summed E-state index contributed by atoms with van der Waals surface area (Å²) in [5.74, 6) is 0.390. The van der Waals surface area contributed by atoms with Crippen molar-refractivity contribution in [2.75, 3.05) is 12.9 Å². The molecule has 1 rings (SSSR count). The lowest BCUT2D eigenvalue weighted by Crippen LogP contribution is -2.46. The van der Waals surface area contributed by atoms with Gasteiger partial charge in [0.2, 0.25) is 0 Å². The number of hydrogen-bond acceptors (Lipinski definition) is 1. The molecule has 17 heavy (non-hydrogen) atoms. The van der Waals surface area contributed by atoms with Crippen LogP contribution in [0.1, 0.15) is 24.2 Å². The summed E-state index contributed by atoms with van der Waals surface area (Å²) >= 11 is 11.4. The molecule has 94 valence electrons. The standard InChI is InChI=1S/C12H14BrClINO/c1-12(2,7-14)16(3)11(17)9-6-8(13)4-5-10(9)15/h4-6H,7H2,1-3H3. The molecule has 0 aliphatic heterocycles. The number of benzene rings is 1. The topological polar surface area (TPSA) is 20.3 Å². The molecule has 0 aliphatic carbocycles. The Balaban J connectivity index is 3.08. The summed E-state index contributed by atoms with van der Waals surface area (Å²) in [6.07, 6.45) is 0. The second-order valence-electron chi connectivity index (χ2n) is 4.43. The highest BCUT2D eigenvalue weighted by molar-refractivity contribution is 14.1. The lowest BCUT2D eigenvalue weighted by Gasteiger charge is -2.34. The Morgan fingerprint density at radius 2 is 2.12 bits per heavy atom. The maximum Gasteiger partial charge on any atom is 0.255 e. The van der Waals surface area contributed by atoms with E-state index in [-0.39, 0.29) is 11.4 Å². The maximum absolute atomic E-state index is 12.4. The van der Waals surface area contributed by atoms with Gasteiger partial charge in [-0.15, -0.1) is 11.6 Å². The van der Waals surface area contributed by atoms with E-state index in [4.69, 9.17) is 11.6 Å². The van der Waals surface area contributed by atoms with E-state index in [1.165, 1.54) is 0 Å². The summed E-state index contributed by atoms with van der Waals surface area (Å²) in [6.45, 7) is 3.89. The number of amides is 1. The van der Waals surface area contributed by atoms with E-state index in [0.29, 0.717) is 11.4 Å². The zero-order valence-corrected chi connectivity index (χ0v) is 14.4. The number of nitrogens with zero attached hydrogens (tertiary/aromatic N) is 1. The van der Waals surface area contributed by atoms with E-state index in [0.717, 1.165) is 8.04 Å². The van der Waals surface area contributed by atoms with Crippen LogP contribution in [-0.2, 0) is 0 Å². The molecule has 0 radical (unpaired) electrons. The number of halogens is 3. The van der Waals surface area contributed by atoms with Crippen LogP contribution in [-0.4, -0.2) is 29.3 Å². The first-order chi connectivity index (χ1) is 7.79. The molecule has 0 unspecified atom stereocenters. The fraction of sp³-hybridized carbons (Fsp3) is 0.417. The molecule has 0 heterocycles. The normalized spacial score (nSPS) is 11.4. The third-order valence-electron chi connectivity index (χ3n) is 2.70. The van der Waals surface area contributed by atoms with Crippen molar-refractivity contribution >= 4 is 56.0 Å². The minimum Gasteiger partial charge on any atom is -0.335 e. The van der Waals surface area contributed by atoms with Crippen LogP contribution in [0.3, 0.4) is 0 Å². The number of carbonyl (C=O) groups excluding carboxylic acids is 1. The molecular weight excluding hydrogens is 416 g/mol. The first-order valence-electron chi connectivity index (χ1n) is 5.09. The first kappa shape index (κ1) is 15.2. The summed E-state index contributed by atoms with van der Waals surface area (Å²) < 4.78 is 1.84. The second kappa shape index (κ2) is 5.89. The van der Waals surface area contributed by atoms with Crippen molar-refractivity contribution in [3.8, 4) is 0 Å². The molecular formula is C12H14BrClINO. The molecule has 1 aromatic carbocycles. The lowest BCUT2D eigenvalue weighted by molar-refractivity contribution is 0.0659. The predicted octanol–water partition coefficient (Wildman–Crippen LogP) is 4.14. The Bertz CT molecular complexity index is 437. The van der Waals surface area contributed by atoms with Gasteiger partial charge in [-0.25, -0.2) is 0 Å². The molecule has 0 fully saturated rings. The number of alkyl halides is 1. The largest absolute Gasteiger partial charge is 0.335 e. The summed E-state index contributed by atoms with van der Waals surface area (Å²) in [6, 6.07) is 5.68. The molecule has 1 aromatic rings. The van der Waals surface area contributed by atoms with E-state index >= 15 is 0 Å². The van der Waals surface area contributed by atoms with Crippen LogP contribution in [0.4, 0.5) is 0 Å². The van der Waals surface area contributed by atoms with Crippen molar-refractivity contribution in [1.29, 1.82) is 0 Å². The Morgan fingerprint density at radius 1 is 1.53 bits per heavy atom. The summed E-state index contributed by atoms with van der Waals surface area (Å²) in [5, 5.41) is 0. The van der Waals surface area contributed by atoms with Crippen molar-refractivity contribution in [3.63, 3.8) is 0 Å². The van der Waals surface area contributed by atoms with Gasteiger partial charge in [0.05, 0.1) is 11.1 Å². The van der Waals surface area contributed by atoms with Gasteiger partial charge in [-0.3, -0.25) is 4.79 Å². The van der Waals surface area contributed by atoms with Gasteiger partial charge in [0.1, 0.15) is 0 Å². The van der Waals surface area contributed by atoms with Crippen LogP contribution in [0.15, 0.2) is 22.7 Å². The fourth-order valence-electron chi connectivity index (χ4n) is 1.21. The van der Waals surface area contributed by atoms with Crippen LogP contribution >= 0.6 is 50.1 Å². The highest BCUT2D eigenvalue weighted by Crippen LogP contribution is 2.23. The first-order valence-corrected chi connectivity index (χ1v) is 7.49. The highest BCUT2D eigenvalue weighted by atomic mass is 127. The molecule has 0 bridgehead atoms. The average Bonchev–Trinajstić information content (AvgIpc) is 2.30. The molecule has 1 amide bonds. The van der Waals surface area contributed by atoms with Crippen molar-refractivity contribution in [3.05, 3.63) is 31.8 Å². The van der Waals surface area contributed by atoms with Gasteiger partial charge in [0, 0.05) is 21.0 Å². The number of carbonyl (C=O) groups is 1. The Labute approximate surface area is 129 Å². The molecule has 0 saturated carbocycles. The van der Waals surface area contributed by atoms with Gasteiger partial charge in [0.15, 0.2) is 0 Å². The quantitative estimate of drug-likeness (QED) is 0.521. The minimum absolute atomic E-state index is 0.0126. The molecule has 2 nitrogen and oxygen atoms in total. The average molecular weight is 431 g/mol. The zero-order valence-electron chi connectivity index (χ0n) is 9.93. The van der Waals surface area contributed by atoms with Gasteiger partial charge in [-0.05, 0) is 54.6 Å². The van der Waals surface area contributed by atoms with Gasteiger partial charge < -0.3 is 4.90 Å². The van der Waals surface area contributed by atoms with E-state index in [1.807, 2.05) is 32.0 Å². The molecule has 5 heteroatoms. The van der Waals surface area contributed by atoms with Crippen molar-refractivity contribution in [2.24, 2.45) is 0 Å². The Kier molecular flexibility index (Phi) is 5.28. The molecule has 0 atom stereocenters. The van der Waals surface area contributed by atoms with Crippen LogP contribution in [0.25, 0.3) is 0 Å². The monoisotopic (exact) mass is 429 g/mol. The molecule has 0 spiro atoms. The molecule has 0 aromatic heterocycles. The Hall–Kier alpha value is 0.190. The fourth-order valence-corrected chi connectivity index (χ4v) is 2.31. The van der Waals surface area contributed by atoms with Crippen molar-refractivity contribution in [2.45, 2.75) is 19.4 Å². The Morgan fingerprint density at radius 3 is 2.65 bits per heavy atom. The zero-order chi connectivity index (χ0) is 13.2. The molecule has 0 saturated heterocycles. The number of rotatable bonds is 3. The lowest BCUT2D eigenvalue weighted by atomic mass is 10.0. The van der Waals surface area contributed by atoms with Crippen LogP contribution < -0.4 is 0 Å². The van der Waals surface area contributed by atoms with Crippen LogP contribution in [0.5, 0.6) is 0 Å². The highest BCUT2D eigenvalue weighted by Gasteiger charge is 2.28.